The van der Waals surface area contributed by atoms with Crippen LogP contribution in [-0.4, -0.2) is 68.0 Å². The molecule has 3 rings (SSSR count). The zero-order valence-corrected chi connectivity index (χ0v) is 15.5. The lowest BCUT2D eigenvalue weighted by molar-refractivity contribution is -0.138. The Bertz CT molecular complexity index is 587. The minimum absolute atomic E-state index is 0. The molecule has 2 heterocycles. The fraction of sp³-hybridized carbons (Fsp3) is 0.556. The fourth-order valence-corrected chi connectivity index (χ4v) is 3.43. The Morgan fingerprint density at radius 1 is 0.960 bits per heavy atom. The van der Waals surface area contributed by atoms with Crippen molar-refractivity contribution in [1.82, 2.24) is 9.80 Å². The second-order valence-electron chi connectivity index (χ2n) is 6.29. The summed E-state index contributed by atoms with van der Waals surface area (Å²) in [6.07, 6.45) is 1.62. The van der Waals surface area contributed by atoms with Crippen molar-refractivity contribution < 1.29 is 14.3 Å². The minimum atomic E-state index is -0.0130. The number of ether oxygens (including phenoxy) is 1. The van der Waals surface area contributed by atoms with Crippen LogP contribution in [0.4, 0.5) is 5.69 Å². The molecule has 0 aromatic heterocycles. The molecule has 2 aliphatic heterocycles. The molecule has 0 bridgehead atoms. The van der Waals surface area contributed by atoms with E-state index in [1.54, 1.807) is 7.11 Å². The van der Waals surface area contributed by atoms with Gasteiger partial charge in [-0.1, -0.05) is 12.1 Å². The predicted molar refractivity (Wildman–Crippen MR) is 99.5 cm³/mol. The summed E-state index contributed by atoms with van der Waals surface area (Å²) < 4.78 is 5.44. The largest absolute Gasteiger partial charge is 0.495 e. The molecule has 0 spiro atoms. The fourth-order valence-electron chi connectivity index (χ4n) is 3.43. The van der Waals surface area contributed by atoms with Gasteiger partial charge < -0.3 is 9.64 Å². The van der Waals surface area contributed by atoms with E-state index in [2.05, 4.69) is 15.9 Å². The number of imide groups is 1. The van der Waals surface area contributed by atoms with E-state index in [4.69, 9.17) is 4.74 Å². The highest BCUT2D eigenvalue weighted by molar-refractivity contribution is 6.01. The topological polar surface area (TPSA) is 53.1 Å². The number of piperazine rings is 1. The quantitative estimate of drug-likeness (QED) is 0.717. The summed E-state index contributed by atoms with van der Waals surface area (Å²) in [6.45, 7) is 5.38. The second kappa shape index (κ2) is 9.06. The number of amides is 2. The number of methoxy groups -OCH3 is 1. The summed E-state index contributed by atoms with van der Waals surface area (Å²) >= 11 is 0. The van der Waals surface area contributed by atoms with Crippen LogP contribution in [0.15, 0.2) is 24.3 Å². The lowest BCUT2D eigenvalue weighted by Crippen LogP contribution is -2.47. The van der Waals surface area contributed by atoms with Crippen LogP contribution in [0.3, 0.4) is 0 Å². The Labute approximate surface area is 155 Å². The molecule has 1 aromatic rings. The number of benzene rings is 1. The van der Waals surface area contributed by atoms with Crippen LogP contribution >= 0.6 is 12.4 Å². The third kappa shape index (κ3) is 4.64. The van der Waals surface area contributed by atoms with Crippen LogP contribution in [0.5, 0.6) is 5.75 Å². The summed E-state index contributed by atoms with van der Waals surface area (Å²) in [7, 11) is 1.70. The van der Waals surface area contributed by atoms with Gasteiger partial charge in [-0.2, -0.15) is 0 Å². The summed E-state index contributed by atoms with van der Waals surface area (Å²) in [5, 5.41) is 0. The molecule has 0 saturated carbocycles. The predicted octanol–water partition coefficient (Wildman–Crippen LogP) is 1.78. The van der Waals surface area contributed by atoms with Crippen molar-refractivity contribution in [3.63, 3.8) is 0 Å². The van der Waals surface area contributed by atoms with Crippen molar-refractivity contribution in [2.75, 3.05) is 51.3 Å². The summed E-state index contributed by atoms with van der Waals surface area (Å²) in [6, 6.07) is 8.11. The minimum Gasteiger partial charge on any atom is -0.495 e. The number of para-hydroxylation sites is 2. The van der Waals surface area contributed by atoms with Crippen molar-refractivity contribution in [3.05, 3.63) is 24.3 Å². The van der Waals surface area contributed by atoms with Gasteiger partial charge in [-0.15, -0.1) is 12.4 Å². The highest BCUT2D eigenvalue weighted by atomic mass is 35.5. The lowest BCUT2D eigenvalue weighted by atomic mass is 10.2. The van der Waals surface area contributed by atoms with Gasteiger partial charge in [0.05, 0.1) is 12.8 Å². The monoisotopic (exact) mass is 367 g/mol. The van der Waals surface area contributed by atoms with Crippen LogP contribution in [-0.2, 0) is 9.59 Å². The Morgan fingerprint density at radius 3 is 2.24 bits per heavy atom. The number of carbonyl (C=O) groups is 2. The van der Waals surface area contributed by atoms with Gasteiger partial charge in [-0.25, -0.2) is 0 Å². The molecule has 2 saturated heterocycles. The average molecular weight is 368 g/mol. The molecular weight excluding hydrogens is 342 g/mol. The summed E-state index contributed by atoms with van der Waals surface area (Å²) in [5.74, 6) is 0.888. The molecule has 2 aliphatic rings. The smallest absolute Gasteiger partial charge is 0.229 e. The lowest BCUT2D eigenvalue weighted by Gasteiger charge is -2.36. The zero-order valence-electron chi connectivity index (χ0n) is 14.6. The van der Waals surface area contributed by atoms with Gasteiger partial charge in [0.1, 0.15) is 5.75 Å². The van der Waals surface area contributed by atoms with Crippen molar-refractivity contribution in [3.8, 4) is 5.75 Å². The van der Waals surface area contributed by atoms with Gasteiger partial charge in [0.25, 0.3) is 0 Å². The molecule has 0 unspecified atom stereocenters. The maximum Gasteiger partial charge on any atom is 0.229 e. The number of hydrogen-bond donors (Lipinski definition) is 0. The molecule has 0 N–H and O–H groups in total. The highest BCUT2D eigenvalue weighted by Gasteiger charge is 2.28. The molecule has 25 heavy (non-hydrogen) atoms. The first-order valence-electron chi connectivity index (χ1n) is 8.62. The number of anilines is 1. The maximum atomic E-state index is 11.6. The molecular formula is C18H26ClN3O3. The number of rotatable bonds is 6. The first kappa shape index (κ1) is 19.5. The van der Waals surface area contributed by atoms with E-state index in [0.717, 1.165) is 50.6 Å². The van der Waals surface area contributed by atoms with E-state index < -0.39 is 0 Å². The van der Waals surface area contributed by atoms with Crippen LogP contribution in [0.2, 0.25) is 0 Å². The molecule has 6 nitrogen and oxygen atoms in total. The first-order chi connectivity index (χ1) is 11.7. The maximum absolute atomic E-state index is 11.6. The number of carbonyl (C=O) groups excluding carboxylic acids is 2. The second-order valence-corrected chi connectivity index (χ2v) is 6.29. The Morgan fingerprint density at radius 2 is 1.60 bits per heavy atom. The summed E-state index contributed by atoms with van der Waals surface area (Å²) in [5.41, 5.74) is 1.15. The Balaban J connectivity index is 0.00000225. The molecule has 2 fully saturated rings. The van der Waals surface area contributed by atoms with Crippen molar-refractivity contribution in [2.45, 2.75) is 19.3 Å². The molecule has 0 aliphatic carbocycles. The van der Waals surface area contributed by atoms with Crippen LogP contribution in [0.1, 0.15) is 19.3 Å². The number of halogens is 1. The van der Waals surface area contributed by atoms with Gasteiger partial charge in [0.15, 0.2) is 0 Å². The molecule has 2 amide bonds. The normalized spacial score (nSPS) is 18.4. The van der Waals surface area contributed by atoms with Crippen LogP contribution in [0, 0.1) is 0 Å². The molecule has 0 radical (unpaired) electrons. The van der Waals surface area contributed by atoms with Crippen molar-refractivity contribution >= 4 is 29.9 Å². The van der Waals surface area contributed by atoms with E-state index in [1.807, 2.05) is 18.2 Å². The van der Waals surface area contributed by atoms with Crippen LogP contribution in [0.25, 0.3) is 0 Å². The van der Waals surface area contributed by atoms with Crippen molar-refractivity contribution in [1.29, 1.82) is 0 Å². The number of hydrogen-bond acceptors (Lipinski definition) is 5. The number of likely N-dealkylation sites (tertiary alicyclic amines) is 1. The van der Waals surface area contributed by atoms with E-state index in [9.17, 15) is 9.59 Å². The van der Waals surface area contributed by atoms with E-state index in [-0.39, 0.29) is 24.2 Å². The average Bonchev–Trinajstić information content (AvgIpc) is 2.94. The summed E-state index contributed by atoms with van der Waals surface area (Å²) in [4.78, 5) is 29.4. The molecule has 7 heteroatoms. The standard InChI is InChI=1S/C18H25N3O3.ClH/c1-24-16-6-3-2-5-15(16)20-13-11-19(12-14-20)9-4-10-21-17(22)7-8-18(21)23;/h2-3,5-6H,4,7-14H2,1H3;1H. The van der Waals surface area contributed by atoms with Gasteiger partial charge in [-0.3, -0.25) is 19.4 Å². The first-order valence-corrected chi connectivity index (χ1v) is 8.62. The van der Waals surface area contributed by atoms with Gasteiger partial charge in [-0.05, 0) is 25.1 Å². The third-order valence-electron chi connectivity index (χ3n) is 4.81. The highest BCUT2D eigenvalue weighted by Crippen LogP contribution is 2.28. The molecule has 0 atom stereocenters. The third-order valence-corrected chi connectivity index (χ3v) is 4.81. The number of nitrogens with zero attached hydrogens (tertiary/aromatic N) is 3. The SMILES string of the molecule is COc1ccccc1N1CCN(CCCN2C(=O)CCC2=O)CC1.Cl. The van der Waals surface area contributed by atoms with Gasteiger partial charge in [0, 0.05) is 45.6 Å². The van der Waals surface area contributed by atoms with Gasteiger partial charge in [0.2, 0.25) is 11.8 Å². The Kier molecular flexibility index (Phi) is 7.08. The molecule has 1 aromatic carbocycles. The molecule has 138 valence electrons. The zero-order chi connectivity index (χ0) is 16.9. The van der Waals surface area contributed by atoms with E-state index >= 15 is 0 Å². The van der Waals surface area contributed by atoms with Gasteiger partial charge >= 0.3 is 0 Å². The Hall–Kier alpha value is -1.79. The van der Waals surface area contributed by atoms with Crippen molar-refractivity contribution in [2.24, 2.45) is 0 Å². The van der Waals surface area contributed by atoms with E-state index in [0.29, 0.717) is 19.4 Å². The van der Waals surface area contributed by atoms with E-state index in [1.165, 1.54) is 4.90 Å². The van der Waals surface area contributed by atoms with Crippen LogP contribution < -0.4 is 9.64 Å².